The maximum Gasteiger partial charge on any atom is 0.338 e. The van der Waals surface area contributed by atoms with Crippen LogP contribution in [0.4, 0.5) is 0 Å². The predicted molar refractivity (Wildman–Crippen MR) is 135 cm³/mol. The van der Waals surface area contributed by atoms with Crippen molar-refractivity contribution >= 4 is 27.6 Å². The van der Waals surface area contributed by atoms with E-state index in [9.17, 15) is 20.1 Å². The molecule has 3 rings (SSSR count). The molecule has 2 aromatic rings. The van der Waals surface area contributed by atoms with E-state index in [4.69, 9.17) is 30.5 Å². The van der Waals surface area contributed by atoms with Crippen LogP contribution < -0.4 is 4.74 Å². The smallest absolute Gasteiger partial charge is 0.338 e. The van der Waals surface area contributed by atoms with E-state index in [1.54, 1.807) is 6.07 Å². The summed E-state index contributed by atoms with van der Waals surface area (Å²) in [5, 5.41) is 31.0. The van der Waals surface area contributed by atoms with Gasteiger partial charge in [0.25, 0.3) is 0 Å². The Morgan fingerprint density at radius 1 is 1.03 bits per heavy atom. The number of benzene rings is 2. The Balaban J connectivity index is 1.58. The summed E-state index contributed by atoms with van der Waals surface area (Å²) in [6.45, 7) is 0.265. The zero-order valence-electron chi connectivity index (χ0n) is 20.0. The molecule has 0 unspecified atom stereocenters. The van der Waals surface area contributed by atoms with Crippen molar-refractivity contribution < 1.29 is 39.1 Å². The first-order chi connectivity index (χ1) is 16.5. The maximum atomic E-state index is 12.7. The lowest BCUT2D eigenvalue weighted by molar-refractivity contribution is -0.299. The van der Waals surface area contributed by atoms with Crippen LogP contribution >= 0.6 is 21.6 Å². The van der Waals surface area contributed by atoms with E-state index >= 15 is 0 Å². The average molecular weight is 529 g/mol. The standard InChI is InChI=1S/C25H33ClO8S/c1-35(2,3)10-9-31-25-23(29)22(28)21(27)20(34-25)15-33-24(30)17-11-18(26)13-19(12-17)32-14-16-7-5-4-6-8-16/h4-8,11-13,20-23,25,27-29H,9-10,14-15H2,1-3H3/t20-,21-,22+,23-,25-/m1/s1. The number of ether oxygens (including phenoxy) is 4. The molecule has 0 radical (unpaired) electrons. The lowest BCUT2D eigenvalue weighted by atomic mass is 9.99. The van der Waals surface area contributed by atoms with Crippen molar-refractivity contribution in [2.45, 2.75) is 37.3 Å². The zero-order valence-corrected chi connectivity index (χ0v) is 21.6. The summed E-state index contributed by atoms with van der Waals surface area (Å²) in [5.41, 5.74) is 1.12. The Hall–Kier alpha value is -1.85. The van der Waals surface area contributed by atoms with Crippen LogP contribution in [0.5, 0.6) is 5.75 Å². The van der Waals surface area contributed by atoms with Gasteiger partial charge in [-0.3, -0.25) is 0 Å². The van der Waals surface area contributed by atoms with E-state index in [-0.39, 0.29) is 12.2 Å². The minimum atomic E-state index is -1.51. The van der Waals surface area contributed by atoms with Crippen molar-refractivity contribution in [3.8, 4) is 5.75 Å². The third kappa shape index (κ3) is 8.35. The van der Waals surface area contributed by atoms with Gasteiger partial charge < -0.3 is 34.3 Å². The number of aliphatic hydroxyl groups is 3. The van der Waals surface area contributed by atoms with Crippen LogP contribution in [0, 0.1) is 0 Å². The molecule has 1 fully saturated rings. The van der Waals surface area contributed by atoms with E-state index in [0.717, 1.165) is 11.3 Å². The number of hydrogen-bond acceptors (Lipinski definition) is 8. The van der Waals surface area contributed by atoms with E-state index in [0.29, 0.717) is 24.0 Å². The van der Waals surface area contributed by atoms with Crippen LogP contribution in [0.2, 0.25) is 5.02 Å². The van der Waals surface area contributed by atoms with Gasteiger partial charge in [0, 0.05) is 10.8 Å². The van der Waals surface area contributed by atoms with Crippen molar-refractivity contribution in [1.29, 1.82) is 0 Å². The quantitative estimate of drug-likeness (QED) is 0.403. The lowest BCUT2D eigenvalue weighted by Gasteiger charge is -2.40. The minimum absolute atomic E-state index is 0.160. The highest BCUT2D eigenvalue weighted by Gasteiger charge is 2.44. The molecule has 2 aromatic carbocycles. The molecule has 0 aromatic heterocycles. The van der Waals surface area contributed by atoms with Crippen molar-refractivity contribution in [1.82, 2.24) is 0 Å². The van der Waals surface area contributed by atoms with E-state index < -0.39 is 46.7 Å². The monoisotopic (exact) mass is 528 g/mol. The molecule has 5 atom stereocenters. The molecule has 1 aliphatic heterocycles. The van der Waals surface area contributed by atoms with Gasteiger partial charge in [-0.1, -0.05) is 41.9 Å². The van der Waals surface area contributed by atoms with Crippen molar-refractivity contribution in [2.75, 3.05) is 37.7 Å². The van der Waals surface area contributed by atoms with Crippen molar-refractivity contribution in [3.63, 3.8) is 0 Å². The van der Waals surface area contributed by atoms with Gasteiger partial charge >= 0.3 is 5.97 Å². The van der Waals surface area contributed by atoms with E-state index in [1.807, 2.05) is 30.3 Å². The molecule has 35 heavy (non-hydrogen) atoms. The summed E-state index contributed by atoms with van der Waals surface area (Å²) in [5.74, 6) is 0.471. The number of esters is 1. The number of rotatable bonds is 10. The zero-order chi connectivity index (χ0) is 25.6. The van der Waals surface area contributed by atoms with Crippen LogP contribution in [-0.4, -0.2) is 89.7 Å². The molecule has 10 heteroatoms. The third-order valence-corrected chi connectivity index (χ3v) is 6.99. The van der Waals surface area contributed by atoms with Crippen LogP contribution in [0.3, 0.4) is 0 Å². The fraction of sp³-hybridized carbons (Fsp3) is 0.480. The molecular weight excluding hydrogens is 496 g/mol. The van der Waals surface area contributed by atoms with Crippen molar-refractivity contribution in [3.05, 3.63) is 64.7 Å². The molecule has 194 valence electrons. The largest absolute Gasteiger partial charge is 0.489 e. The predicted octanol–water partition coefficient (Wildman–Crippen LogP) is 2.59. The SMILES string of the molecule is CS(C)(C)CCO[C@@H]1O[C@H](COC(=O)c2cc(Cl)cc(OCc3ccccc3)c2)[C@@H](O)[C@H](O)[C@H]1O. The molecule has 0 spiro atoms. The highest BCUT2D eigenvalue weighted by atomic mass is 35.5. The molecule has 1 heterocycles. The second kappa shape index (κ2) is 12.4. The number of carbonyl (C=O) groups excluding carboxylic acids is 1. The molecule has 3 N–H and O–H groups in total. The van der Waals surface area contributed by atoms with Gasteiger partial charge in [0.15, 0.2) is 6.29 Å². The Labute approximate surface area is 212 Å². The Morgan fingerprint density at radius 2 is 1.74 bits per heavy atom. The van der Waals surface area contributed by atoms with Crippen molar-refractivity contribution in [2.24, 2.45) is 0 Å². The van der Waals surface area contributed by atoms with Gasteiger partial charge in [-0.2, -0.15) is 0 Å². The molecule has 0 saturated carbocycles. The first-order valence-electron chi connectivity index (χ1n) is 11.2. The van der Waals surface area contributed by atoms with Gasteiger partial charge in [0.2, 0.25) is 0 Å². The highest BCUT2D eigenvalue weighted by molar-refractivity contribution is 8.32. The second-order valence-electron chi connectivity index (χ2n) is 9.23. The number of halogens is 1. The van der Waals surface area contributed by atoms with Crippen LogP contribution in [0.15, 0.2) is 48.5 Å². The average Bonchev–Trinajstić information content (AvgIpc) is 2.81. The number of aliphatic hydroxyl groups excluding tert-OH is 3. The Morgan fingerprint density at radius 3 is 2.43 bits per heavy atom. The topological polar surface area (TPSA) is 115 Å². The summed E-state index contributed by atoms with van der Waals surface area (Å²) in [7, 11) is -0.824. The van der Waals surface area contributed by atoms with Gasteiger partial charge in [-0.25, -0.2) is 14.8 Å². The van der Waals surface area contributed by atoms with Crippen LogP contribution in [0.25, 0.3) is 0 Å². The third-order valence-electron chi connectivity index (χ3n) is 5.38. The normalized spacial score (nSPS) is 25.2. The fourth-order valence-electron chi connectivity index (χ4n) is 3.35. The summed E-state index contributed by atoms with van der Waals surface area (Å²) in [6, 6.07) is 14.1. The van der Waals surface area contributed by atoms with E-state index in [1.165, 1.54) is 12.1 Å². The molecule has 8 nitrogen and oxygen atoms in total. The van der Waals surface area contributed by atoms with Gasteiger partial charge in [0.1, 0.15) is 43.4 Å². The van der Waals surface area contributed by atoms with E-state index in [2.05, 4.69) is 18.8 Å². The minimum Gasteiger partial charge on any atom is -0.489 e. The number of hydrogen-bond donors (Lipinski definition) is 3. The first-order valence-corrected chi connectivity index (χ1v) is 14.6. The summed E-state index contributed by atoms with van der Waals surface area (Å²) < 4.78 is 22.3. The fourth-order valence-corrected chi connectivity index (χ4v) is 4.17. The maximum absolute atomic E-state index is 12.7. The van der Waals surface area contributed by atoms with Gasteiger partial charge in [-0.15, -0.1) is 0 Å². The van der Waals surface area contributed by atoms with Crippen LogP contribution in [-0.2, 0) is 20.8 Å². The molecule has 1 aliphatic rings. The first kappa shape index (κ1) is 27.7. The Kier molecular flexibility index (Phi) is 9.83. The molecular formula is C25H33ClO8S. The summed E-state index contributed by atoms with van der Waals surface area (Å²) >= 11 is 6.15. The molecule has 1 saturated heterocycles. The molecule has 0 bridgehead atoms. The highest BCUT2D eigenvalue weighted by Crippen LogP contribution is 2.34. The second-order valence-corrected chi connectivity index (χ2v) is 14.3. The van der Waals surface area contributed by atoms with Crippen LogP contribution in [0.1, 0.15) is 15.9 Å². The number of carbonyl (C=O) groups is 1. The van der Waals surface area contributed by atoms with Gasteiger partial charge in [0.05, 0.1) is 12.2 Å². The summed E-state index contributed by atoms with van der Waals surface area (Å²) in [4.78, 5) is 12.7. The lowest BCUT2D eigenvalue weighted by Crippen LogP contribution is -2.59. The summed E-state index contributed by atoms with van der Waals surface area (Å²) in [6.07, 6.45) is -0.251. The Bertz CT molecular complexity index is 968. The molecule has 0 amide bonds. The van der Waals surface area contributed by atoms with Gasteiger partial charge in [-0.05, 0) is 42.5 Å². The molecule has 0 aliphatic carbocycles.